The van der Waals surface area contributed by atoms with Gasteiger partial charge in [0.05, 0.1) is 11.7 Å². The molecule has 1 aromatic carbocycles. The number of hydrogen-bond acceptors (Lipinski definition) is 6. The summed E-state index contributed by atoms with van der Waals surface area (Å²) >= 11 is 0. The van der Waals surface area contributed by atoms with Gasteiger partial charge in [0.1, 0.15) is 5.84 Å². The highest BCUT2D eigenvalue weighted by atomic mass is 16.2. The maximum absolute atomic E-state index is 13.4. The number of hydrogen-bond donors (Lipinski definition) is 0. The molecule has 0 spiro atoms. The number of ketones is 2. The van der Waals surface area contributed by atoms with E-state index in [0.717, 1.165) is 74.5 Å². The Morgan fingerprint density at radius 1 is 1.05 bits per heavy atom. The summed E-state index contributed by atoms with van der Waals surface area (Å²) in [6, 6.07) is 7.35. The van der Waals surface area contributed by atoms with E-state index in [-0.39, 0.29) is 37.3 Å². The minimum absolute atomic E-state index is 0. The van der Waals surface area contributed by atoms with Gasteiger partial charge in [-0.15, -0.1) is 0 Å². The second-order valence-electron chi connectivity index (χ2n) is 11.5. The maximum Gasteiger partial charge on any atom is 0.247 e. The molecule has 1 saturated carbocycles. The zero-order valence-electron chi connectivity index (χ0n) is 23.2. The number of amidine groups is 1. The highest BCUT2D eigenvalue weighted by molar-refractivity contribution is 6.01. The van der Waals surface area contributed by atoms with Gasteiger partial charge >= 0.3 is 0 Å². The highest BCUT2D eigenvalue weighted by Crippen LogP contribution is 2.35. The molecule has 1 radical (unpaired) electrons. The van der Waals surface area contributed by atoms with E-state index < -0.39 is 0 Å². The van der Waals surface area contributed by atoms with E-state index in [0.29, 0.717) is 24.1 Å². The standard InChI is InChI=1S/C33H37N4O3.H2/c1-35-17-19-36(20-18-35)31-15-13-28(34-31)24-8-10-25(11-9-24)30(39)21-27(23-5-2-3-6-23)22-32(40)37-16-4-7-26-12-14-29(38)33(26)37;/h2-3,5-6,8-11,13,22,26,33H,4,7,12,14-21H2,1H3;1H/t26-,33+;/m1./s1. The number of allylic oxidation sites excluding steroid dienone is 5. The highest BCUT2D eigenvalue weighted by Gasteiger charge is 2.42. The summed E-state index contributed by atoms with van der Waals surface area (Å²) in [5.41, 5.74) is 4.13. The normalized spacial score (nSPS) is 25.2. The Kier molecular flexibility index (Phi) is 7.65. The molecule has 40 heavy (non-hydrogen) atoms. The Morgan fingerprint density at radius 2 is 1.85 bits per heavy atom. The van der Waals surface area contributed by atoms with E-state index in [1.165, 1.54) is 0 Å². The Morgan fingerprint density at radius 3 is 2.60 bits per heavy atom. The molecule has 6 rings (SSSR count). The fourth-order valence-corrected chi connectivity index (χ4v) is 6.56. The van der Waals surface area contributed by atoms with E-state index in [1.54, 1.807) is 11.0 Å². The van der Waals surface area contributed by atoms with Gasteiger partial charge in [0.25, 0.3) is 0 Å². The van der Waals surface area contributed by atoms with Crippen LogP contribution in [0.3, 0.4) is 0 Å². The first-order valence-corrected chi connectivity index (χ1v) is 14.6. The van der Waals surface area contributed by atoms with Gasteiger partial charge in [-0.1, -0.05) is 48.6 Å². The lowest BCUT2D eigenvalue weighted by atomic mass is 9.91. The van der Waals surface area contributed by atoms with Gasteiger partial charge in [-0.2, -0.15) is 0 Å². The second kappa shape index (κ2) is 11.5. The molecule has 1 amide bonds. The number of Topliss-reactive ketones (excluding diaryl/α,β-unsaturated/α-hetero) is 2. The average Bonchev–Trinajstić information content (AvgIpc) is 3.75. The summed E-state index contributed by atoms with van der Waals surface area (Å²) < 4.78 is 0. The molecule has 5 aliphatic rings. The predicted molar refractivity (Wildman–Crippen MR) is 159 cm³/mol. The number of amides is 1. The van der Waals surface area contributed by atoms with Crippen LogP contribution >= 0.6 is 0 Å². The van der Waals surface area contributed by atoms with Crippen LogP contribution < -0.4 is 0 Å². The first-order valence-electron chi connectivity index (χ1n) is 14.6. The Labute approximate surface area is 238 Å². The number of carbonyl (C=O) groups excluding carboxylic acids is 3. The van der Waals surface area contributed by atoms with Crippen LogP contribution in [0.5, 0.6) is 0 Å². The predicted octanol–water partition coefficient (Wildman–Crippen LogP) is 4.49. The third-order valence-electron chi connectivity index (χ3n) is 8.91. The molecule has 0 unspecified atom stereocenters. The molecule has 7 nitrogen and oxygen atoms in total. The summed E-state index contributed by atoms with van der Waals surface area (Å²) in [6.45, 7) is 4.70. The van der Waals surface area contributed by atoms with Crippen molar-refractivity contribution in [3.05, 3.63) is 83.3 Å². The van der Waals surface area contributed by atoms with Crippen molar-refractivity contribution in [1.29, 1.82) is 0 Å². The van der Waals surface area contributed by atoms with Crippen LogP contribution in [0.1, 0.15) is 55.9 Å². The van der Waals surface area contributed by atoms with Gasteiger partial charge in [-0.25, -0.2) is 4.99 Å². The van der Waals surface area contributed by atoms with Crippen LogP contribution in [0.25, 0.3) is 5.70 Å². The molecule has 0 aromatic heterocycles. The molecule has 0 bridgehead atoms. The lowest BCUT2D eigenvalue weighted by molar-refractivity contribution is -0.137. The van der Waals surface area contributed by atoms with E-state index in [4.69, 9.17) is 4.99 Å². The minimum Gasteiger partial charge on any atom is -0.357 e. The SMILES string of the molecule is CN1CCN(C2=NC(c3ccc(C(=O)CC(=CC(=O)N4CCC[C@@H]5CCC(=O)[C@H]54)C4=CC=C[CH]4)cc3)=CC2)CC1.[HH]. The van der Waals surface area contributed by atoms with Crippen molar-refractivity contribution in [2.24, 2.45) is 10.9 Å². The molecule has 7 heteroatoms. The number of piperazine rings is 1. The number of likely N-dealkylation sites (tertiary alicyclic amines) is 1. The largest absolute Gasteiger partial charge is 0.357 e. The minimum atomic E-state index is -0.300. The number of benzene rings is 1. The fraction of sp³-hybridized carbons (Fsp3) is 0.424. The summed E-state index contributed by atoms with van der Waals surface area (Å²) in [6.07, 6.45) is 15.8. The quantitative estimate of drug-likeness (QED) is 0.393. The van der Waals surface area contributed by atoms with Gasteiger partial charge < -0.3 is 14.7 Å². The zero-order chi connectivity index (χ0) is 27.6. The third kappa shape index (κ3) is 5.52. The molecule has 3 fully saturated rings. The van der Waals surface area contributed by atoms with Crippen molar-refractivity contribution in [3.8, 4) is 0 Å². The van der Waals surface area contributed by atoms with Crippen LogP contribution in [0.2, 0.25) is 0 Å². The van der Waals surface area contributed by atoms with Crippen LogP contribution in [0.4, 0.5) is 0 Å². The number of nitrogens with zero attached hydrogens (tertiary/aromatic N) is 4. The molecule has 3 aliphatic heterocycles. The molecule has 209 valence electrons. The summed E-state index contributed by atoms with van der Waals surface area (Å²) in [5.74, 6) is 1.37. The molecule has 3 heterocycles. The monoisotopic (exact) mass is 539 g/mol. The van der Waals surface area contributed by atoms with Crippen LogP contribution in [0, 0.1) is 12.3 Å². The van der Waals surface area contributed by atoms with Gasteiger partial charge in [0.15, 0.2) is 11.6 Å². The van der Waals surface area contributed by atoms with E-state index in [2.05, 4.69) is 22.9 Å². The molecule has 1 aromatic rings. The van der Waals surface area contributed by atoms with E-state index >= 15 is 0 Å². The van der Waals surface area contributed by atoms with E-state index in [1.807, 2.05) is 48.9 Å². The van der Waals surface area contributed by atoms with Crippen molar-refractivity contribution < 1.29 is 15.8 Å². The molecular weight excluding hydrogens is 500 g/mol. The second-order valence-corrected chi connectivity index (χ2v) is 11.5. The van der Waals surface area contributed by atoms with Crippen molar-refractivity contribution in [3.63, 3.8) is 0 Å². The van der Waals surface area contributed by atoms with Crippen LogP contribution in [-0.2, 0) is 9.59 Å². The summed E-state index contributed by atoms with van der Waals surface area (Å²) in [4.78, 5) is 50.7. The number of likely N-dealkylation sites (N-methyl/N-ethyl adjacent to an activating group) is 1. The number of fused-ring (bicyclic) bond motifs is 1. The molecule has 2 aliphatic carbocycles. The molecule has 2 saturated heterocycles. The fourth-order valence-electron chi connectivity index (χ4n) is 6.56. The van der Waals surface area contributed by atoms with Gasteiger partial charge in [0, 0.05) is 71.5 Å². The van der Waals surface area contributed by atoms with E-state index in [9.17, 15) is 14.4 Å². The van der Waals surface area contributed by atoms with Crippen molar-refractivity contribution in [2.45, 2.75) is 44.6 Å². The number of aliphatic imine (C=N–C) groups is 1. The topological polar surface area (TPSA) is 73.3 Å². The Hall–Kier alpha value is -3.58. The van der Waals surface area contributed by atoms with Crippen molar-refractivity contribution in [2.75, 3.05) is 39.8 Å². The molecule has 0 N–H and O–H groups in total. The lowest BCUT2D eigenvalue weighted by Crippen LogP contribution is -2.49. The van der Waals surface area contributed by atoms with Gasteiger partial charge in [-0.05, 0) is 48.9 Å². The number of carbonyl (C=O) groups is 3. The average molecular weight is 540 g/mol. The Balaban J connectivity index is 0.00000337. The van der Waals surface area contributed by atoms with Crippen molar-refractivity contribution >= 4 is 29.0 Å². The van der Waals surface area contributed by atoms with Crippen molar-refractivity contribution in [1.82, 2.24) is 14.7 Å². The maximum atomic E-state index is 13.4. The zero-order valence-corrected chi connectivity index (χ0v) is 23.2. The molecule has 2 atom stereocenters. The third-order valence-corrected chi connectivity index (χ3v) is 8.91. The summed E-state index contributed by atoms with van der Waals surface area (Å²) in [7, 11) is 2.15. The van der Waals surface area contributed by atoms with Crippen LogP contribution in [-0.4, -0.2) is 83.8 Å². The van der Waals surface area contributed by atoms with Gasteiger partial charge in [0.2, 0.25) is 5.91 Å². The number of piperidine rings is 1. The first kappa shape index (κ1) is 26.6. The smallest absolute Gasteiger partial charge is 0.247 e. The van der Waals surface area contributed by atoms with Gasteiger partial charge in [-0.3, -0.25) is 14.4 Å². The Bertz CT molecular complexity index is 1350. The lowest BCUT2D eigenvalue weighted by Gasteiger charge is -2.36. The first-order chi connectivity index (χ1) is 19.5. The number of rotatable bonds is 6. The summed E-state index contributed by atoms with van der Waals surface area (Å²) in [5, 5.41) is 0. The van der Waals surface area contributed by atoms with Crippen LogP contribution in [0.15, 0.2) is 70.8 Å². The molecular formula is C33H39N4O3.